The van der Waals surface area contributed by atoms with E-state index in [-0.39, 0.29) is 11.5 Å². The molecule has 0 bridgehead atoms. The third kappa shape index (κ3) is 3.12. The summed E-state index contributed by atoms with van der Waals surface area (Å²) in [6.45, 7) is 6.61. The minimum absolute atomic E-state index is 0.239. The van der Waals surface area contributed by atoms with Crippen LogP contribution in [0.1, 0.15) is 32.3 Å². The van der Waals surface area contributed by atoms with Gasteiger partial charge in [0.15, 0.2) is 0 Å². The summed E-state index contributed by atoms with van der Waals surface area (Å²) in [5.41, 5.74) is 1.41. The number of benzene rings is 1. The Labute approximate surface area is 109 Å². The van der Waals surface area contributed by atoms with Crippen LogP contribution in [-0.4, -0.2) is 15.0 Å². The van der Waals surface area contributed by atoms with Crippen LogP contribution >= 0.6 is 0 Å². The van der Waals surface area contributed by atoms with E-state index in [2.05, 4.69) is 13.8 Å². The van der Waals surface area contributed by atoms with Crippen molar-refractivity contribution in [3.63, 3.8) is 0 Å². The van der Waals surface area contributed by atoms with Crippen LogP contribution in [0.3, 0.4) is 0 Å². The molecule has 1 unspecified atom stereocenters. The lowest BCUT2D eigenvalue weighted by atomic mass is 10.1. The number of hydrogen-bond acceptors (Lipinski definition) is 3. The lowest BCUT2D eigenvalue weighted by Gasteiger charge is -2.06. The maximum Gasteiger partial charge on any atom is 0.296 e. The molecule has 4 heteroatoms. The van der Waals surface area contributed by atoms with E-state index in [1.165, 1.54) is 6.42 Å². The first-order valence-corrected chi connectivity index (χ1v) is 7.68. The van der Waals surface area contributed by atoms with E-state index in [1.54, 1.807) is 24.3 Å². The van der Waals surface area contributed by atoms with Crippen molar-refractivity contribution in [2.24, 2.45) is 11.3 Å². The fourth-order valence-corrected chi connectivity index (χ4v) is 3.06. The van der Waals surface area contributed by atoms with Crippen LogP contribution in [0.15, 0.2) is 29.2 Å². The number of aryl methyl sites for hydroxylation is 1. The minimum atomic E-state index is -3.58. The third-order valence-corrected chi connectivity index (χ3v) is 5.06. The van der Waals surface area contributed by atoms with Crippen molar-refractivity contribution in [1.82, 2.24) is 0 Å². The molecule has 1 fully saturated rings. The molecule has 1 aliphatic rings. The molecule has 1 atom stereocenters. The topological polar surface area (TPSA) is 43.4 Å². The van der Waals surface area contributed by atoms with Crippen LogP contribution in [0.5, 0.6) is 0 Å². The van der Waals surface area contributed by atoms with Crippen molar-refractivity contribution in [2.45, 2.75) is 38.5 Å². The average Bonchev–Trinajstić information content (AvgIpc) is 2.87. The molecule has 1 aliphatic carbocycles. The first-order valence-electron chi connectivity index (χ1n) is 6.27. The van der Waals surface area contributed by atoms with Gasteiger partial charge in [0.05, 0.1) is 11.5 Å². The first-order chi connectivity index (χ1) is 8.31. The maximum atomic E-state index is 11.9. The van der Waals surface area contributed by atoms with E-state index < -0.39 is 10.1 Å². The summed E-state index contributed by atoms with van der Waals surface area (Å²) in [5.74, 6) is 0.603. The highest BCUT2D eigenvalue weighted by atomic mass is 32.2. The number of hydrogen-bond donors (Lipinski definition) is 0. The first kappa shape index (κ1) is 13.6. The normalized spacial score (nSPS) is 21.8. The molecular formula is C14H20O3S. The Morgan fingerprint density at radius 1 is 1.28 bits per heavy atom. The molecule has 18 heavy (non-hydrogen) atoms. The summed E-state index contributed by atoms with van der Waals surface area (Å²) in [7, 11) is -3.58. The van der Waals surface area contributed by atoms with Gasteiger partial charge in [-0.15, -0.1) is 0 Å². The summed E-state index contributed by atoms with van der Waals surface area (Å²) >= 11 is 0. The Hall–Kier alpha value is -0.870. The second kappa shape index (κ2) is 4.67. The molecule has 0 saturated heterocycles. The van der Waals surface area contributed by atoms with Crippen molar-refractivity contribution in [3.05, 3.63) is 29.8 Å². The predicted octanol–water partition coefficient (Wildman–Crippen LogP) is 3.14. The Morgan fingerprint density at radius 3 is 2.33 bits per heavy atom. The van der Waals surface area contributed by atoms with Crippen LogP contribution in [-0.2, 0) is 14.3 Å². The molecule has 3 nitrogen and oxygen atoms in total. The molecular weight excluding hydrogens is 248 g/mol. The van der Waals surface area contributed by atoms with Crippen molar-refractivity contribution in [2.75, 3.05) is 6.61 Å². The predicted molar refractivity (Wildman–Crippen MR) is 70.8 cm³/mol. The van der Waals surface area contributed by atoms with Gasteiger partial charge in [-0.25, -0.2) is 0 Å². The Kier molecular flexibility index (Phi) is 3.52. The number of rotatable bonds is 5. The standard InChI is InChI=1S/C14H20O3S/c1-11-4-6-13(7-5-11)18(15,16)17-9-8-12-10-14(12,2)3/h4-7,12H,8-10H2,1-3H3. The summed E-state index contributed by atoms with van der Waals surface area (Å²) in [4.78, 5) is 0.239. The molecule has 2 rings (SSSR count). The monoisotopic (exact) mass is 268 g/mol. The highest BCUT2D eigenvalue weighted by molar-refractivity contribution is 7.86. The highest BCUT2D eigenvalue weighted by Crippen LogP contribution is 2.53. The van der Waals surface area contributed by atoms with Gasteiger partial charge >= 0.3 is 0 Å². The van der Waals surface area contributed by atoms with Crippen molar-refractivity contribution >= 4 is 10.1 Å². The molecule has 0 amide bonds. The lowest BCUT2D eigenvalue weighted by Crippen LogP contribution is -2.08. The second-order valence-corrected chi connectivity index (χ2v) is 7.38. The highest BCUT2D eigenvalue weighted by Gasteiger charge is 2.44. The van der Waals surface area contributed by atoms with Gasteiger partial charge in [0.1, 0.15) is 0 Å². The van der Waals surface area contributed by atoms with E-state index in [0.717, 1.165) is 12.0 Å². The van der Waals surface area contributed by atoms with Gasteiger partial charge in [-0.2, -0.15) is 8.42 Å². The Morgan fingerprint density at radius 2 is 1.83 bits per heavy atom. The lowest BCUT2D eigenvalue weighted by molar-refractivity contribution is 0.296. The largest absolute Gasteiger partial charge is 0.296 e. The molecule has 0 aromatic heterocycles. The van der Waals surface area contributed by atoms with Gasteiger partial charge in [-0.3, -0.25) is 4.18 Å². The van der Waals surface area contributed by atoms with Gasteiger partial charge in [0.2, 0.25) is 0 Å². The van der Waals surface area contributed by atoms with Gasteiger partial charge in [-0.1, -0.05) is 31.5 Å². The molecule has 0 spiro atoms. The molecule has 1 aromatic carbocycles. The van der Waals surface area contributed by atoms with Crippen LogP contribution in [0.2, 0.25) is 0 Å². The smallest absolute Gasteiger partial charge is 0.266 e. The van der Waals surface area contributed by atoms with Gasteiger partial charge < -0.3 is 0 Å². The summed E-state index contributed by atoms with van der Waals surface area (Å²) < 4.78 is 28.8. The summed E-state index contributed by atoms with van der Waals surface area (Å²) in [6.07, 6.45) is 1.99. The van der Waals surface area contributed by atoms with Crippen molar-refractivity contribution in [1.29, 1.82) is 0 Å². The van der Waals surface area contributed by atoms with E-state index in [0.29, 0.717) is 11.3 Å². The van der Waals surface area contributed by atoms with Crippen LogP contribution < -0.4 is 0 Å². The van der Waals surface area contributed by atoms with Gasteiger partial charge in [0, 0.05) is 0 Å². The van der Waals surface area contributed by atoms with Gasteiger partial charge in [0.25, 0.3) is 10.1 Å². The second-order valence-electron chi connectivity index (χ2n) is 5.77. The maximum absolute atomic E-state index is 11.9. The van der Waals surface area contributed by atoms with Gasteiger partial charge in [-0.05, 0) is 43.2 Å². The average molecular weight is 268 g/mol. The zero-order chi connectivity index (χ0) is 13.4. The molecule has 0 aliphatic heterocycles. The molecule has 100 valence electrons. The molecule has 1 saturated carbocycles. The molecule has 0 radical (unpaired) electrons. The summed E-state index contributed by atoms with van der Waals surface area (Å²) in [5, 5.41) is 0. The van der Waals surface area contributed by atoms with E-state index in [4.69, 9.17) is 4.18 Å². The van der Waals surface area contributed by atoms with Crippen LogP contribution in [0.25, 0.3) is 0 Å². The zero-order valence-electron chi connectivity index (χ0n) is 11.1. The fraction of sp³-hybridized carbons (Fsp3) is 0.571. The quantitative estimate of drug-likeness (QED) is 0.771. The van der Waals surface area contributed by atoms with Crippen molar-refractivity contribution < 1.29 is 12.6 Å². The van der Waals surface area contributed by atoms with Crippen molar-refractivity contribution in [3.8, 4) is 0 Å². The van der Waals surface area contributed by atoms with Crippen LogP contribution in [0, 0.1) is 18.3 Å². The third-order valence-electron chi connectivity index (χ3n) is 3.73. The zero-order valence-corrected chi connectivity index (χ0v) is 12.0. The minimum Gasteiger partial charge on any atom is -0.266 e. The molecule has 0 heterocycles. The van der Waals surface area contributed by atoms with Crippen LogP contribution in [0.4, 0.5) is 0 Å². The fourth-order valence-electron chi connectivity index (χ4n) is 2.14. The van der Waals surface area contributed by atoms with E-state index in [1.807, 2.05) is 6.92 Å². The van der Waals surface area contributed by atoms with E-state index >= 15 is 0 Å². The summed E-state index contributed by atoms with van der Waals surface area (Å²) in [6, 6.07) is 6.73. The molecule has 1 aromatic rings. The SMILES string of the molecule is Cc1ccc(S(=O)(=O)OCCC2CC2(C)C)cc1. The molecule has 0 N–H and O–H groups in total. The Balaban J connectivity index is 1.90. The Bertz CT molecular complexity index is 514. The van der Waals surface area contributed by atoms with E-state index in [9.17, 15) is 8.42 Å².